The van der Waals surface area contributed by atoms with Crippen LogP contribution in [0.1, 0.15) is 91.9 Å². The van der Waals surface area contributed by atoms with Gasteiger partial charge < -0.3 is 9.47 Å². The molecule has 2 atom stereocenters. The predicted molar refractivity (Wildman–Crippen MR) is 97.9 cm³/mol. The van der Waals surface area contributed by atoms with Gasteiger partial charge in [-0.1, -0.05) is 52.9 Å². The highest BCUT2D eigenvalue weighted by atomic mass is 16.5. The lowest BCUT2D eigenvalue weighted by atomic mass is 9.92. The van der Waals surface area contributed by atoms with Crippen LogP contribution < -0.4 is 0 Å². The number of ketones is 1. The van der Waals surface area contributed by atoms with Gasteiger partial charge in [0, 0.05) is 20.1 Å². The Labute approximate surface area is 144 Å². The van der Waals surface area contributed by atoms with Crippen LogP contribution in [-0.2, 0) is 14.3 Å². The normalized spacial score (nSPS) is 15.3. The van der Waals surface area contributed by atoms with Gasteiger partial charge in [-0.05, 0) is 38.5 Å². The third kappa shape index (κ3) is 10.1. The van der Waals surface area contributed by atoms with Crippen LogP contribution in [0, 0.1) is 5.92 Å². The molecule has 0 fully saturated rings. The fourth-order valence-electron chi connectivity index (χ4n) is 2.74. The van der Waals surface area contributed by atoms with Gasteiger partial charge in [0.05, 0.1) is 6.61 Å². The molecule has 0 aliphatic carbocycles. The summed E-state index contributed by atoms with van der Waals surface area (Å²) in [5, 5.41) is 0. The lowest BCUT2D eigenvalue weighted by Gasteiger charge is -2.29. The summed E-state index contributed by atoms with van der Waals surface area (Å²) in [6.45, 7) is 9.99. The number of ether oxygens (including phenoxy) is 2. The topological polar surface area (TPSA) is 35.5 Å². The summed E-state index contributed by atoms with van der Waals surface area (Å²) in [5.74, 6) is 0.850. The second-order valence-corrected chi connectivity index (χ2v) is 6.89. The Morgan fingerprint density at radius 3 is 2.35 bits per heavy atom. The van der Waals surface area contributed by atoms with E-state index < -0.39 is 5.60 Å². The summed E-state index contributed by atoms with van der Waals surface area (Å²) in [6.07, 6.45) is 10.6. The van der Waals surface area contributed by atoms with E-state index >= 15 is 0 Å². The molecule has 0 aromatic rings. The van der Waals surface area contributed by atoms with Crippen molar-refractivity contribution in [2.75, 3.05) is 20.3 Å². The third-order valence-electron chi connectivity index (χ3n) is 4.95. The number of methoxy groups -OCH3 is 1. The van der Waals surface area contributed by atoms with Gasteiger partial charge >= 0.3 is 0 Å². The minimum atomic E-state index is -0.598. The predicted octanol–water partition coefficient (Wildman–Crippen LogP) is 5.55. The summed E-state index contributed by atoms with van der Waals surface area (Å²) < 4.78 is 11.2. The molecule has 0 aliphatic rings. The van der Waals surface area contributed by atoms with Crippen molar-refractivity contribution in [2.24, 2.45) is 5.92 Å². The van der Waals surface area contributed by atoms with Crippen LogP contribution in [0.5, 0.6) is 0 Å². The maximum absolute atomic E-state index is 12.5. The van der Waals surface area contributed by atoms with E-state index in [1.54, 1.807) is 7.11 Å². The molecule has 0 saturated heterocycles. The number of carbonyl (C=O) groups excluding carboxylic acids is 1. The van der Waals surface area contributed by atoms with Crippen molar-refractivity contribution in [1.82, 2.24) is 0 Å². The van der Waals surface area contributed by atoms with Gasteiger partial charge in [-0.15, -0.1) is 0 Å². The molecule has 3 nitrogen and oxygen atoms in total. The first-order chi connectivity index (χ1) is 11.0. The first-order valence-corrected chi connectivity index (χ1v) is 9.70. The van der Waals surface area contributed by atoms with E-state index in [2.05, 4.69) is 20.8 Å². The second kappa shape index (κ2) is 14.0. The SMILES string of the molecule is CCCCCC(CC)COC(C)(CC)C(=O)CCCCCOC. The molecule has 23 heavy (non-hydrogen) atoms. The molecule has 3 heteroatoms. The highest BCUT2D eigenvalue weighted by molar-refractivity contribution is 5.86. The Hall–Kier alpha value is -0.410. The van der Waals surface area contributed by atoms with Gasteiger partial charge in [-0.3, -0.25) is 4.79 Å². The molecule has 0 spiro atoms. The molecule has 2 unspecified atom stereocenters. The molecule has 0 radical (unpaired) electrons. The molecule has 0 N–H and O–H groups in total. The fraction of sp³-hybridized carbons (Fsp3) is 0.950. The Kier molecular flexibility index (Phi) is 13.7. The summed E-state index contributed by atoms with van der Waals surface area (Å²) in [6, 6.07) is 0. The number of hydrogen-bond acceptors (Lipinski definition) is 3. The number of Topliss-reactive ketones (excluding diaryl/α,β-unsaturated/α-hetero) is 1. The number of hydrogen-bond donors (Lipinski definition) is 0. The molecular weight excluding hydrogens is 288 g/mol. The van der Waals surface area contributed by atoms with Crippen molar-refractivity contribution < 1.29 is 14.3 Å². The Bertz CT molecular complexity index is 291. The van der Waals surface area contributed by atoms with E-state index in [-0.39, 0.29) is 5.78 Å². The van der Waals surface area contributed by atoms with Crippen LogP contribution >= 0.6 is 0 Å². The van der Waals surface area contributed by atoms with Crippen molar-refractivity contribution in [2.45, 2.75) is 97.5 Å². The first-order valence-electron chi connectivity index (χ1n) is 9.70. The molecule has 0 aromatic heterocycles. The molecule has 0 aromatic carbocycles. The lowest BCUT2D eigenvalue weighted by molar-refractivity contribution is -0.145. The quantitative estimate of drug-likeness (QED) is 0.348. The number of rotatable bonds is 16. The third-order valence-corrected chi connectivity index (χ3v) is 4.95. The van der Waals surface area contributed by atoms with Crippen molar-refractivity contribution in [1.29, 1.82) is 0 Å². The Morgan fingerprint density at radius 1 is 1.04 bits per heavy atom. The summed E-state index contributed by atoms with van der Waals surface area (Å²) in [7, 11) is 1.72. The van der Waals surface area contributed by atoms with Crippen molar-refractivity contribution >= 4 is 5.78 Å². The van der Waals surface area contributed by atoms with Crippen LogP contribution in [-0.4, -0.2) is 31.7 Å². The van der Waals surface area contributed by atoms with Crippen LogP contribution in [0.25, 0.3) is 0 Å². The van der Waals surface area contributed by atoms with E-state index in [4.69, 9.17) is 9.47 Å². The Morgan fingerprint density at radius 2 is 1.78 bits per heavy atom. The van der Waals surface area contributed by atoms with E-state index in [0.717, 1.165) is 45.3 Å². The van der Waals surface area contributed by atoms with E-state index in [1.165, 1.54) is 25.7 Å². The van der Waals surface area contributed by atoms with Crippen LogP contribution in [0.2, 0.25) is 0 Å². The van der Waals surface area contributed by atoms with Gasteiger partial charge in [0.25, 0.3) is 0 Å². The van der Waals surface area contributed by atoms with Gasteiger partial charge in [-0.25, -0.2) is 0 Å². The monoisotopic (exact) mass is 328 g/mol. The maximum atomic E-state index is 12.5. The van der Waals surface area contributed by atoms with Gasteiger partial charge in [-0.2, -0.15) is 0 Å². The molecule has 0 rings (SSSR count). The van der Waals surface area contributed by atoms with Crippen molar-refractivity contribution in [3.05, 3.63) is 0 Å². The molecule has 0 saturated carbocycles. The highest BCUT2D eigenvalue weighted by Crippen LogP contribution is 2.23. The average molecular weight is 329 g/mol. The minimum Gasteiger partial charge on any atom is -0.385 e. The standard InChI is InChI=1S/C20H40O3/c1-6-9-11-14-18(7-2)17-23-20(4,8-3)19(21)15-12-10-13-16-22-5/h18H,6-17H2,1-5H3. The zero-order valence-electron chi connectivity index (χ0n) is 16.3. The molecular formula is C20H40O3. The molecule has 0 bridgehead atoms. The highest BCUT2D eigenvalue weighted by Gasteiger charge is 2.31. The molecule has 0 heterocycles. The van der Waals surface area contributed by atoms with Crippen LogP contribution in [0.3, 0.4) is 0 Å². The van der Waals surface area contributed by atoms with Gasteiger partial charge in [0.1, 0.15) is 5.60 Å². The van der Waals surface area contributed by atoms with E-state index in [1.807, 2.05) is 6.92 Å². The fourth-order valence-corrected chi connectivity index (χ4v) is 2.74. The van der Waals surface area contributed by atoms with Crippen molar-refractivity contribution in [3.8, 4) is 0 Å². The Balaban J connectivity index is 4.21. The first kappa shape index (κ1) is 22.6. The summed E-state index contributed by atoms with van der Waals surface area (Å²) >= 11 is 0. The minimum absolute atomic E-state index is 0.265. The summed E-state index contributed by atoms with van der Waals surface area (Å²) in [5.41, 5.74) is -0.598. The smallest absolute Gasteiger partial charge is 0.164 e. The van der Waals surface area contributed by atoms with Crippen LogP contribution in [0.15, 0.2) is 0 Å². The van der Waals surface area contributed by atoms with Gasteiger partial charge in [0.15, 0.2) is 5.78 Å². The number of unbranched alkanes of at least 4 members (excludes halogenated alkanes) is 4. The lowest BCUT2D eigenvalue weighted by Crippen LogP contribution is -2.39. The zero-order chi connectivity index (χ0) is 17.6. The van der Waals surface area contributed by atoms with Crippen molar-refractivity contribution in [3.63, 3.8) is 0 Å². The largest absolute Gasteiger partial charge is 0.385 e. The van der Waals surface area contributed by atoms with Gasteiger partial charge in [0.2, 0.25) is 0 Å². The maximum Gasteiger partial charge on any atom is 0.164 e. The zero-order valence-corrected chi connectivity index (χ0v) is 16.3. The molecule has 0 amide bonds. The summed E-state index contributed by atoms with van der Waals surface area (Å²) in [4.78, 5) is 12.5. The molecule has 138 valence electrons. The van der Waals surface area contributed by atoms with Crippen LogP contribution in [0.4, 0.5) is 0 Å². The molecule has 0 aliphatic heterocycles. The van der Waals surface area contributed by atoms with E-state index in [0.29, 0.717) is 12.3 Å². The second-order valence-electron chi connectivity index (χ2n) is 6.89. The number of carbonyl (C=O) groups is 1. The average Bonchev–Trinajstić information content (AvgIpc) is 2.57. The van der Waals surface area contributed by atoms with E-state index in [9.17, 15) is 4.79 Å².